The van der Waals surface area contributed by atoms with E-state index in [1.165, 1.54) is 6.92 Å². The summed E-state index contributed by atoms with van der Waals surface area (Å²) in [7, 11) is 0. The van der Waals surface area contributed by atoms with Gasteiger partial charge in [0, 0.05) is 18.0 Å². The highest BCUT2D eigenvalue weighted by Gasteiger charge is 2.22. The molecule has 1 saturated carbocycles. The third kappa shape index (κ3) is 7.33. The second kappa shape index (κ2) is 10.7. The van der Waals surface area contributed by atoms with Crippen molar-refractivity contribution in [3.05, 3.63) is 34.9 Å². The third-order valence-electron chi connectivity index (χ3n) is 5.10. The average Bonchev–Trinajstić information content (AvgIpc) is 2.68. The van der Waals surface area contributed by atoms with E-state index in [0.29, 0.717) is 5.56 Å². The molecule has 2 N–H and O–H groups in total. The number of imide groups is 1. The first-order chi connectivity index (χ1) is 13.8. The minimum absolute atomic E-state index is 0.000365. The van der Waals surface area contributed by atoms with Crippen LogP contribution in [0.3, 0.4) is 0 Å². The molecule has 0 unspecified atom stereocenters. The number of ketones is 1. The van der Waals surface area contributed by atoms with Gasteiger partial charge in [-0.25, -0.2) is 4.79 Å². The van der Waals surface area contributed by atoms with E-state index < -0.39 is 24.0 Å². The van der Waals surface area contributed by atoms with E-state index >= 15 is 0 Å². The van der Waals surface area contributed by atoms with Gasteiger partial charge in [-0.2, -0.15) is 0 Å². The van der Waals surface area contributed by atoms with E-state index in [1.54, 1.807) is 6.07 Å². The van der Waals surface area contributed by atoms with Crippen molar-refractivity contribution >= 4 is 23.7 Å². The van der Waals surface area contributed by atoms with Crippen molar-refractivity contribution in [2.45, 2.75) is 77.9 Å². The van der Waals surface area contributed by atoms with Crippen molar-refractivity contribution in [2.24, 2.45) is 0 Å². The normalized spacial score (nSPS) is 15.3. The van der Waals surface area contributed by atoms with E-state index in [1.807, 2.05) is 26.0 Å². The Kier molecular flexibility index (Phi) is 8.36. The summed E-state index contributed by atoms with van der Waals surface area (Å²) in [6, 6.07) is 5.08. The monoisotopic (exact) mass is 402 g/mol. The van der Waals surface area contributed by atoms with Crippen molar-refractivity contribution in [2.75, 3.05) is 0 Å². The number of esters is 1. The molecule has 158 valence electrons. The SMILES string of the molecule is Cc1ccc(C)c(C(=O)CCC(=O)O[C@@H](C)C(=O)NC(=O)NC2CCCCC2)c1. The van der Waals surface area contributed by atoms with Crippen LogP contribution < -0.4 is 10.6 Å². The molecule has 0 spiro atoms. The Morgan fingerprint density at radius 2 is 1.76 bits per heavy atom. The molecule has 1 aliphatic rings. The van der Waals surface area contributed by atoms with E-state index in [0.717, 1.165) is 43.2 Å². The van der Waals surface area contributed by atoms with Crippen molar-refractivity contribution < 1.29 is 23.9 Å². The van der Waals surface area contributed by atoms with Gasteiger partial charge in [0.25, 0.3) is 5.91 Å². The van der Waals surface area contributed by atoms with E-state index in [-0.39, 0.29) is 24.7 Å². The van der Waals surface area contributed by atoms with Gasteiger partial charge >= 0.3 is 12.0 Å². The Hall–Kier alpha value is -2.70. The Bertz CT molecular complexity index is 768. The van der Waals surface area contributed by atoms with Gasteiger partial charge in [0.05, 0.1) is 6.42 Å². The van der Waals surface area contributed by atoms with Crippen molar-refractivity contribution in [3.63, 3.8) is 0 Å². The summed E-state index contributed by atoms with van der Waals surface area (Å²) in [5.41, 5.74) is 2.41. The fraction of sp³-hybridized carbons (Fsp3) is 0.545. The number of hydrogen-bond acceptors (Lipinski definition) is 5. The van der Waals surface area contributed by atoms with E-state index in [4.69, 9.17) is 4.74 Å². The highest BCUT2D eigenvalue weighted by molar-refractivity contribution is 5.99. The van der Waals surface area contributed by atoms with Crippen LogP contribution in [0.2, 0.25) is 0 Å². The topological polar surface area (TPSA) is 102 Å². The Balaban J connectivity index is 1.74. The molecule has 0 bridgehead atoms. The quantitative estimate of drug-likeness (QED) is 0.538. The smallest absolute Gasteiger partial charge is 0.321 e. The zero-order chi connectivity index (χ0) is 21.4. The predicted molar refractivity (Wildman–Crippen MR) is 109 cm³/mol. The number of carbonyl (C=O) groups is 4. The molecule has 29 heavy (non-hydrogen) atoms. The average molecular weight is 402 g/mol. The maximum absolute atomic E-state index is 12.3. The molecule has 0 heterocycles. The minimum Gasteiger partial charge on any atom is -0.453 e. The van der Waals surface area contributed by atoms with E-state index in [9.17, 15) is 19.2 Å². The van der Waals surface area contributed by atoms with Crippen LogP contribution in [0, 0.1) is 13.8 Å². The number of ether oxygens (including phenoxy) is 1. The number of benzene rings is 1. The highest BCUT2D eigenvalue weighted by atomic mass is 16.5. The standard InChI is InChI=1S/C22H30N2O5/c1-14-9-10-15(2)18(13-14)19(25)11-12-20(26)29-16(3)21(27)24-22(28)23-17-7-5-4-6-8-17/h9-10,13,16-17H,4-8,11-12H2,1-3H3,(H2,23,24,27,28)/t16-/m0/s1. The lowest BCUT2D eigenvalue weighted by atomic mass is 9.96. The van der Waals surface area contributed by atoms with Crippen LogP contribution in [0.4, 0.5) is 4.79 Å². The number of urea groups is 1. The fourth-order valence-electron chi connectivity index (χ4n) is 3.38. The van der Waals surface area contributed by atoms with E-state index in [2.05, 4.69) is 10.6 Å². The summed E-state index contributed by atoms with van der Waals surface area (Å²) >= 11 is 0. The number of amides is 3. The maximum atomic E-state index is 12.3. The van der Waals surface area contributed by atoms with Crippen LogP contribution in [0.5, 0.6) is 0 Å². The van der Waals surface area contributed by atoms with Gasteiger partial charge in [-0.15, -0.1) is 0 Å². The van der Waals surface area contributed by atoms with Crippen LogP contribution in [-0.2, 0) is 14.3 Å². The molecule has 0 aromatic heterocycles. The summed E-state index contributed by atoms with van der Waals surface area (Å²) in [5.74, 6) is -1.49. The zero-order valence-corrected chi connectivity index (χ0v) is 17.4. The first kappa shape index (κ1) is 22.6. The molecule has 7 nitrogen and oxygen atoms in total. The Morgan fingerprint density at radius 1 is 1.07 bits per heavy atom. The summed E-state index contributed by atoms with van der Waals surface area (Å²) in [5, 5.41) is 4.97. The van der Waals surface area contributed by atoms with Gasteiger partial charge in [-0.05, 0) is 45.2 Å². The van der Waals surface area contributed by atoms with Crippen molar-refractivity contribution in [3.8, 4) is 0 Å². The second-order valence-corrected chi connectivity index (χ2v) is 7.67. The first-order valence-corrected chi connectivity index (χ1v) is 10.2. The van der Waals surface area contributed by atoms with Crippen LogP contribution >= 0.6 is 0 Å². The predicted octanol–water partition coefficient (Wildman–Crippen LogP) is 3.36. The van der Waals surface area contributed by atoms with Gasteiger partial charge in [0.15, 0.2) is 11.9 Å². The summed E-state index contributed by atoms with van der Waals surface area (Å²) < 4.78 is 5.06. The second-order valence-electron chi connectivity index (χ2n) is 7.67. The molecular weight excluding hydrogens is 372 g/mol. The Labute approximate surface area is 171 Å². The molecule has 1 atom stereocenters. The summed E-state index contributed by atoms with van der Waals surface area (Å²) in [6.07, 6.45) is 3.85. The third-order valence-corrected chi connectivity index (χ3v) is 5.10. The first-order valence-electron chi connectivity index (χ1n) is 10.2. The van der Waals surface area contributed by atoms with Gasteiger partial charge in [0.1, 0.15) is 0 Å². The van der Waals surface area contributed by atoms with Crippen molar-refractivity contribution in [1.29, 1.82) is 0 Å². The maximum Gasteiger partial charge on any atom is 0.321 e. The van der Waals surface area contributed by atoms with Gasteiger partial charge in [-0.1, -0.05) is 37.0 Å². The summed E-state index contributed by atoms with van der Waals surface area (Å²) in [4.78, 5) is 48.3. The zero-order valence-electron chi connectivity index (χ0n) is 17.4. The number of aryl methyl sites for hydroxylation is 2. The van der Waals surface area contributed by atoms with Crippen LogP contribution in [-0.4, -0.2) is 35.8 Å². The lowest BCUT2D eigenvalue weighted by Gasteiger charge is -2.23. The number of rotatable bonds is 7. The van der Waals surface area contributed by atoms with Gasteiger partial charge < -0.3 is 10.1 Å². The lowest BCUT2D eigenvalue weighted by Crippen LogP contribution is -2.48. The number of carbonyl (C=O) groups excluding carboxylic acids is 4. The molecule has 0 saturated heterocycles. The largest absolute Gasteiger partial charge is 0.453 e. The Morgan fingerprint density at radius 3 is 2.45 bits per heavy atom. The fourth-order valence-corrected chi connectivity index (χ4v) is 3.38. The molecule has 3 amide bonds. The number of Topliss-reactive ketones (excluding diaryl/α,β-unsaturated/α-hetero) is 1. The molecule has 7 heteroatoms. The minimum atomic E-state index is -1.12. The molecule has 1 aliphatic carbocycles. The molecule has 1 aromatic carbocycles. The molecule has 0 radical (unpaired) electrons. The van der Waals surface area contributed by atoms with Gasteiger partial charge in [0.2, 0.25) is 0 Å². The molecule has 2 rings (SSSR count). The lowest BCUT2D eigenvalue weighted by molar-refractivity contribution is -0.154. The highest BCUT2D eigenvalue weighted by Crippen LogP contribution is 2.17. The van der Waals surface area contributed by atoms with Gasteiger partial charge in [-0.3, -0.25) is 19.7 Å². The summed E-state index contributed by atoms with van der Waals surface area (Å²) in [6.45, 7) is 5.14. The molecule has 1 fully saturated rings. The number of nitrogens with one attached hydrogen (secondary N) is 2. The van der Waals surface area contributed by atoms with Crippen LogP contribution in [0.25, 0.3) is 0 Å². The molecule has 1 aromatic rings. The van der Waals surface area contributed by atoms with Crippen molar-refractivity contribution in [1.82, 2.24) is 10.6 Å². The molecular formula is C22H30N2O5. The van der Waals surface area contributed by atoms with Crippen LogP contribution in [0.1, 0.15) is 73.4 Å². The van der Waals surface area contributed by atoms with Crippen LogP contribution in [0.15, 0.2) is 18.2 Å². The molecule has 0 aliphatic heterocycles. The number of hydrogen-bond donors (Lipinski definition) is 2.